The number of carbonyl (C=O) groups excluding carboxylic acids is 1. The molecule has 2 saturated heterocycles. The average Bonchev–Trinajstić information content (AvgIpc) is 2.90. The van der Waals surface area contributed by atoms with Gasteiger partial charge in [0.1, 0.15) is 0 Å². The Kier molecular flexibility index (Phi) is 11.5. The summed E-state index contributed by atoms with van der Waals surface area (Å²) >= 11 is 0. The summed E-state index contributed by atoms with van der Waals surface area (Å²) in [5.74, 6) is 0.719. The van der Waals surface area contributed by atoms with Crippen molar-refractivity contribution in [1.82, 2.24) is 20.0 Å². The van der Waals surface area contributed by atoms with E-state index in [1.54, 1.807) is 0 Å². The highest BCUT2D eigenvalue weighted by Crippen LogP contribution is 2.19. The normalized spacial score (nSPS) is 19.8. The molecule has 2 aliphatic rings. The number of piperazine rings is 1. The number of hydrogen-bond acceptors (Lipinski definition) is 3. The molecule has 6 nitrogen and oxygen atoms in total. The summed E-state index contributed by atoms with van der Waals surface area (Å²) in [7, 11) is 0. The van der Waals surface area contributed by atoms with E-state index in [1.807, 2.05) is 16.7 Å². The lowest BCUT2D eigenvalue weighted by Crippen LogP contribution is -2.54. The van der Waals surface area contributed by atoms with Crippen molar-refractivity contribution < 1.29 is 18.0 Å². The Hall–Kier alpha value is -0.780. The number of halogens is 4. The number of hydrogen-bond donors (Lipinski definition) is 1. The summed E-state index contributed by atoms with van der Waals surface area (Å²) in [5, 5.41) is 3.07. The first kappa shape index (κ1) is 25.3. The van der Waals surface area contributed by atoms with Crippen LogP contribution in [0.2, 0.25) is 0 Å². The number of nitrogens with one attached hydrogen (secondary N) is 1. The van der Waals surface area contributed by atoms with Crippen LogP contribution in [-0.2, 0) is 4.79 Å². The molecule has 28 heavy (non-hydrogen) atoms. The first-order chi connectivity index (χ1) is 12.9. The van der Waals surface area contributed by atoms with Crippen LogP contribution in [0.15, 0.2) is 4.99 Å². The lowest BCUT2D eigenvalue weighted by molar-refractivity contribution is -0.133. The Balaban J connectivity index is 0.00000392. The number of likely N-dealkylation sites (tertiary alicyclic amines) is 1. The molecule has 1 amide bonds. The van der Waals surface area contributed by atoms with Crippen LogP contribution < -0.4 is 5.32 Å². The predicted octanol–water partition coefficient (Wildman–Crippen LogP) is 2.54. The fraction of sp³-hybridized carbons (Fsp3) is 0.889. The third kappa shape index (κ3) is 9.15. The molecule has 0 bridgehead atoms. The van der Waals surface area contributed by atoms with Crippen LogP contribution >= 0.6 is 24.0 Å². The van der Waals surface area contributed by atoms with Crippen molar-refractivity contribution in [1.29, 1.82) is 0 Å². The monoisotopic (exact) mass is 519 g/mol. The maximum Gasteiger partial charge on any atom is 0.390 e. The van der Waals surface area contributed by atoms with E-state index < -0.39 is 12.6 Å². The zero-order valence-corrected chi connectivity index (χ0v) is 19.0. The molecule has 0 saturated carbocycles. The van der Waals surface area contributed by atoms with Gasteiger partial charge in [0.2, 0.25) is 5.91 Å². The molecule has 0 aromatic carbocycles. The van der Waals surface area contributed by atoms with Crippen molar-refractivity contribution >= 4 is 35.8 Å². The lowest BCUT2D eigenvalue weighted by atomic mass is 10.2. The van der Waals surface area contributed by atoms with Crippen molar-refractivity contribution in [2.75, 3.05) is 58.9 Å². The van der Waals surface area contributed by atoms with Gasteiger partial charge in [0.15, 0.2) is 5.96 Å². The van der Waals surface area contributed by atoms with Crippen molar-refractivity contribution in [2.24, 2.45) is 4.99 Å². The minimum atomic E-state index is -4.19. The number of nitrogens with zero attached hydrogens (tertiary/aromatic N) is 4. The van der Waals surface area contributed by atoms with E-state index in [9.17, 15) is 18.0 Å². The van der Waals surface area contributed by atoms with Gasteiger partial charge < -0.3 is 15.1 Å². The maximum atomic E-state index is 12.5. The second-order valence-corrected chi connectivity index (χ2v) is 7.16. The summed E-state index contributed by atoms with van der Waals surface area (Å²) in [6, 6.07) is 0. The zero-order valence-electron chi connectivity index (χ0n) is 16.6. The molecule has 0 aliphatic carbocycles. The molecule has 0 unspecified atom stereocenters. The van der Waals surface area contributed by atoms with Crippen molar-refractivity contribution in [3.63, 3.8) is 0 Å². The summed E-state index contributed by atoms with van der Waals surface area (Å²) in [4.78, 5) is 22.7. The Morgan fingerprint density at radius 2 is 1.57 bits per heavy atom. The van der Waals surface area contributed by atoms with Gasteiger partial charge in [-0.1, -0.05) is 12.8 Å². The van der Waals surface area contributed by atoms with Gasteiger partial charge in [-0.05, 0) is 19.8 Å². The molecule has 164 valence electrons. The second-order valence-electron chi connectivity index (χ2n) is 7.16. The van der Waals surface area contributed by atoms with Crippen LogP contribution in [0.1, 0.15) is 39.0 Å². The zero-order chi connectivity index (χ0) is 19.7. The molecule has 10 heteroatoms. The van der Waals surface area contributed by atoms with Gasteiger partial charge in [0.25, 0.3) is 0 Å². The van der Waals surface area contributed by atoms with Gasteiger partial charge in [-0.3, -0.25) is 14.7 Å². The van der Waals surface area contributed by atoms with Gasteiger partial charge in [0.05, 0.1) is 19.5 Å². The Labute approximate surface area is 182 Å². The van der Waals surface area contributed by atoms with Gasteiger partial charge in [-0.2, -0.15) is 13.2 Å². The smallest absolute Gasteiger partial charge is 0.357 e. The number of guanidine groups is 1. The minimum Gasteiger partial charge on any atom is -0.357 e. The number of alkyl halides is 3. The van der Waals surface area contributed by atoms with Gasteiger partial charge in [-0.25, -0.2) is 0 Å². The second kappa shape index (κ2) is 12.7. The van der Waals surface area contributed by atoms with Gasteiger partial charge in [0, 0.05) is 45.8 Å². The molecule has 0 aromatic rings. The van der Waals surface area contributed by atoms with E-state index >= 15 is 0 Å². The molecule has 0 aromatic heterocycles. The Morgan fingerprint density at radius 1 is 0.964 bits per heavy atom. The van der Waals surface area contributed by atoms with Crippen molar-refractivity contribution in [3.8, 4) is 0 Å². The summed E-state index contributed by atoms with van der Waals surface area (Å²) in [5.41, 5.74) is 0. The lowest BCUT2D eigenvalue weighted by Gasteiger charge is -2.37. The molecule has 0 spiro atoms. The number of amides is 1. The molecule has 2 aliphatic heterocycles. The van der Waals surface area contributed by atoms with E-state index in [2.05, 4.69) is 15.2 Å². The number of rotatable bonds is 5. The SMILES string of the molecule is CCNC(=NCCC(F)(F)F)N1CCN(CC(=O)N2CCCCCC2)CC1.I. The molecule has 0 atom stereocenters. The van der Waals surface area contributed by atoms with E-state index in [-0.39, 0.29) is 36.4 Å². The molecule has 1 N–H and O–H groups in total. The molecule has 2 fully saturated rings. The number of carbonyl (C=O) groups is 1. The summed E-state index contributed by atoms with van der Waals surface area (Å²) in [6.07, 6.45) is -0.536. The van der Waals surface area contributed by atoms with Gasteiger partial charge >= 0.3 is 6.18 Å². The topological polar surface area (TPSA) is 51.2 Å². The third-order valence-electron chi connectivity index (χ3n) is 4.98. The quantitative estimate of drug-likeness (QED) is 0.345. The van der Waals surface area contributed by atoms with Crippen LogP contribution in [0.5, 0.6) is 0 Å². The standard InChI is InChI=1S/C18H32F3N5O.HI/c1-2-22-17(23-8-7-18(19,20)21)26-13-11-24(12-14-26)15-16(27)25-9-5-3-4-6-10-25;/h2-15H2,1H3,(H,22,23);1H. The Bertz CT molecular complexity index is 488. The third-order valence-corrected chi connectivity index (χ3v) is 4.98. The van der Waals surface area contributed by atoms with E-state index in [0.717, 1.165) is 25.9 Å². The minimum absolute atomic E-state index is 0. The summed E-state index contributed by atoms with van der Waals surface area (Å²) in [6.45, 7) is 7.12. The Morgan fingerprint density at radius 3 is 2.11 bits per heavy atom. The van der Waals surface area contributed by atoms with Crippen LogP contribution in [0, 0.1) is 0 Å². The molecular formula is C18H33F3IN5O. The highest BCUT2D eigenvalue weighted by Gasteiger charge is 2.27. The average molecular weight is 519 g/mol. The van der Waals surface area contributed by atoms with Crippen LogP contribution in [0.25, 0.3) is 0 Å². The van der Waals surface area contributed by atoms with E-state index in [1.165, 1.54) is 12.8 Å². The van der Waals surface area contributed by atoms with Crippen LogP contribution in [-0.4, -0.2) is 91.6 Å². The van der Waals surface area contributed by atoms with Crippen molar-refractivity contribution in [2.45, 2.75) is 45.2 Å². The fourth-order valence-corrected chi connectivity index (χ4v) is 3.44. The van der Waals surface area contributed by atoms with Crippen LogP contribution in [0.4, 0.5) is 13.2 Å². The molecular weight excluding hydrogens is 486 g/mol. The molecule has 0 radical (unpaired) electrons. The highest BCUT2D eigenvalue weighted by molar-refractivity contribution is 14.0. The molecule has 2 rings (SSSR count). The largest absolute Gasteiger partial charge is 0.390 e. The predicted molar refractivity (Wildman–Crippen MR) is 115 cm³/mol. The maximum absolute atomic E-state index is 12.5. The number of aliphatic imine (C=N–C) groups is 1. The van der Waals surface area contributed by atoms with Crippen LogP contribution in [0.3, 0.4) is 0 Å². The van der Waals surface area contributed by atoms with E-state index in [0.29, 0.717) is 45.2 Å². The summed E-state index contributed by atoms with van der Waals surface area (Å²) < 4.78 is 37.0. The van der Waals surface area contributed by atoms with E-state index in [4.69, 9.17) is 0 Å². The van der Waals surface area contributed by atoms with Gasteiger partial charge in [-0.15, -0.1) is 24.0 Å². The first-order valence-corrected chi connectivity index (χ1v) is 9.99. The van der Waals surface area contributed by atoms with Crippen molar-refractivity contribution in [3.05, 3.63) is 0 Å². The highest BCUT2D eigenvalue weighted by atomic mass is 127. The fourth-order valence-electron chi connectivity index (χ4n) is 3.44. The molecule has 2 heterocycles. The first-order valence-electron chi connectivity index (χ1n) is 9.99.